The predicted molar refractivity (Wildman–Crippen MR) is 113 cm³/mol. The van der Waals surface area contributed by atoms with E-state index in [-0.39, 0.29) is 17.4 Å². The van der Waals surface area contributed by atoms with Crippen molar-refractivity contribution in [3.05, 3.63) is 77.1 Å². The minimum atomic E-state index is -0.450. The van der Waals surface area contributed by atoms with Gasteiger partial charge >= 0.3 is 0 Å². The number of piperazine rings is 1. The van der Waals surface area contributed by atoms with E-state index >= 15 is 0 Å². The maximum Gasteiger partial charge on any atom is 0.257 e. The molecule has 0 aliphatic carbocycles. The lowest BCUT2D eigenvalue weighted by atomic mass is 10.1. The average Bonchev–Trinajstić information content (AvgIpc) is 3.14. The Labute approximate surface area is 178 Å². The molecule has 1 aromatic heterocycles. The highest BCUT2D eigenvalue weighted by molar-refractivity contribution is 5.95. The normalized spacial score (nSPS) is 14.1. The van der Waals surface area contributed by atoms with Gasteiger partial charge in [-0.15, -0.1) is 0 Å². The van der Waals surface area contributed by atoms with Crippen LogP contribution in [0.25, 0.3) is 5.69 Å². The van der Waals surface area contributed by atoms with Crippen LogP contribution in [0.5, 0.6) is 0 Å². The highest BCUT2D eigenvalue weighted by Gasteiger charge is 2.26. The van der Waals surface area contributed by atoms with Crippen molar-refractivity contribution in [3.63, 3.8) is 0 Å². The second kappa shape index (κ2) is 8.29. The minimum absolute atomic E-state index is 0.188. The number of aromatic nitrogens is 2. The number of benzene rings is 2. The number of hydrogen-bond acceptors (Lipinski definition) is 4. The Balaban J connectivity index is 1.47. The molecule has 4 rings (SSSR count). The zero-order chi connectivity index (χ0) is 22.1. The van der Waals surface area contributed by atoms with Gasteiger partial charge in [-0.05, 0) is 44.2 Å². The van der Waals surface area contributed by atoms with Crippen molar-refractivity contribution in [2.75, 3.05) is 31.1 Å². The molecule has 8 heteroatoms. The van der Waals surface area contributed by atoms with Crippen molar-refractivity contribution in [1.29, 1.82) is 0 Å². The molecule has 160 valence electrons. The second-order valence-corrected chi connectivity index (χ2v) is 7.51. The Morgan fingerprint density at radius 1 is 0.935 bits per heavy atom. The Morgan fingerprint density at radius 3 is 2.29 bits per heavy atom. The van der Waals surface area contributed by atoms with E-state index in [1.807, 2.05) is 4.90 Å². The lowest BCUT2D eigenvalue weighted by Gasteiger charge is -2.36. The maximum atomic E-state index is 14.4. The number of carbonyl (C=O) groups is 2. The van der Waals surface area contributed by atoms with E-state index in [0.717, 1.165) is 0 Å². The molecule has 31 heavy (non-hydrogen) atoms. The molecule has 0 radical (unpaired) electrons. The quantitative estimate of drug-likeness (QED) is 0.601. The highest BCUT2D eigenvalue weighted by atomic mass is 19.1. The van der Waals surface area contributed by atoms with Crippen LogP contribution in [-0.2, 0) is 0 Å². The Hall–Kier alpha value is -3.55. The molecule has 0 bridgehead atoms. The number of ketones is 1. The van der Waals surface area contributed by atoms with Crippen LogP contribution >= 0.6 is 0 Å². The van der Waals surface area contributed by atoms with E-state index in [1.165, 1.54) is 29.9 Å². The van der Waals surface area contributed by atoms with Crippen molar-refractivity contribution in [3.8, 4) is 5.69 Å². The topological polar surface area (TPSA) is 58.4 Å². The Bertz CT molecular complexity index is 1150. The van der Waals surface area contributed by atoms with Gasteiger partial charge in [-0.25, -0.2) is 13.5 Å². The third-order valence-corrected chi connectivity index (χ3v) is 5.58. The monoisotopic (exact) mass is 424 g/mol. The largest absolute Gasteiger partial charge is 0.366 e. The van der Waals surface area contributed by atoms with E-state index in [2.05, 4.69) is 5.10 Å². The third kappa shape index (κ3) is 3.93. The molecule has 0 atom stereocenters. The number of rotatable bonds is 4. The van der Waals surface area contributed by atoms with Gasteiger partial charge in [-0.3, -0.25) is 9.59 Å². The average molecular weight is 424 g/mol. The molecule has 3 aromatic rings. The SMILES string of the molecule is CC(=O)c1ccc(N2CCN(C(=O)c3cnn(-c4ccccc4F)c3C)CC2)c(F)c1. The molecule has 1 fully saturated rings. The molecule has 2 aromatic carbocycles. The van der Waals surface area contributed by atoms with Crippen LogP contribution in [0.15, 0.2) is 48.7 Å². The number of nitrogens with zero attached hydrogens (tertiary/aromatic N) is 4. The zero-order valence-electron chi connectivity index (χ0n) is 17.3. The fourth-order valence-electron chi connectivity index (χ4n) is 3.79. The Morgan fingerprint density at radius 2 is 1.65 bits per heavy atom. The van der Waals surface area contributed by atoms with Crippen molar-refractivity contribution in [2.24, 2.45) is 0 Å². The maximum absolute atomic E-state index is 14.4. The summed E-state index contributed by atoms with van der Waals surface area (Å²) in [5, 5.41) is 4.20. The molecule has 1 aliphatic heterocycles. The molecule has 1 amide bonds. The van der Waals surface area contributed by atoms with Crippen LogP contribution in [0.3, 0.4) is 0 Å². The standard InChI is InChI=1S/C23H22F2N4O2/c1-15-18(14-26-29(15)22-6-4-3-5-19(22)24)23(31)28-11-9-27(10-12-28)21-8-7-17(16(2)30)13-20(21)25/h3-8,13-14H,9-12H2,1-2H3. The van der Waals surface area contributed by atoms with Gasteiger partial charge in [-0.1, -0.05) is 12.1 Å². The summed E-state index contributed by atoms with van der Waals surface area (Å²) in [5.74, 6) is -1.24. The van der Waals surface area contributed by atoms with E-state index in [1.54, 1.807) is 42.2 Å². The predicted octanol–water partition coefficient (Wildman–Crippen LogP) is 3.62. The van der Waals surface area contributed by atoms with Gasteiger partial charge in [0, 0.05) is 31.7 Å². The molecule has 1 saturated heterocycles. The highest BCUT2D eigenvalue weighted by Crippen LogP contribution is 2.24. The summed E-state index contributed by atoms with van der Waals surface area (Å²) >= 11 is 0. The van der Waals surface area contributed by atoms with Crippen LogP contribution in [0.1, 0.15) is 33.3 Å². The smallest absolute Gasteiger partial charge is 0.257 e. The summed E-state index contributed by atoms with van der Waals surface area (Å²) in [6.45, 7) is 4.88. The number of amides is 1. The van der Waals surface area contributed by atoms with Gasteiger partial charge in [0.15, 0.2) is 5.78 Å². The number of hydrogen-bond donors (Lipinski definition) is 0. The van der Waals surface area contributed by atoms with Gasteiger partial charge in [0.05, 0.1) is 23.1 Å². The molecule has 1 aliphatic rings. The minimum Gasteiger partial charge on any atom is -0.366 e. The fourth-order valence-corrected chi connectivity index (χ4v) is 3.79. The van der Waals surface area contributed by atoms with Crippen LogP contribution in [-0.4, -0.2) is 52.5 Å². The number of para-hydroxylation sites is 1. The molecule has 6 nitrogen and oxygen atoms in total. The summed E-state index contributed by atoms with van der Waals surface area (Å²) < 4.78 is 30.0. The van der Waals surface area contributed by atoms with Gasteiger partial charge in [0.25, 0.3) is 5.91 Å². The second-order valence-electron chi connectivity index (χ2n) is 7.51. The van der Waals surface area contributed by atoms with Crippen molar-refractivity contribution >= 4 is 17.4 Å². The number of anilines is 1. The summed E-state index contributed by atoms with van der Waals surface area (Å²) in [7, 11) is 0. The van der Waals surface area contributed by atoms with Crippen LogP contribution in [0, 0.1) is 18.6 Å². The molecule has 2 heterocycles. The molecular formula is C23H22F2N4O2. The molecule has 0 saturated carbocycles. The number of carbonyl (C=O) groups excluding carboxylic acids is 2. The van der Waals surface area contributed by atoms with Gasteiger partial charge < -0.3 is 9.80 Å². The van der Waals surface area contributed by atoms with Crippen molar-refractivity contribution in [1.82, 2.24) is 14.7 Å². The zero-order valence-corrected chi connectivity index (χ0v) is 17.3. The first-order valence-electron chi connectivity index (χ1n) is 10.0. The van der Waals surface area contributed by atoms with Gasteiger partial charge in [-0.2, -0.15) is 5.10 Å². The van der Waals surface area contributed by atoms with Gasteiger partial charge in [0.2, 0.25) is 0 Å². The lowest BCUT2D eigenvalue weighted by molar-refractivity contribution is 0.0745. The lowest BCUT2D eigenvalue weighted by Crippen LogP contribution is -2.49. The number of Topliss-reactive ketones (excluding diaryl/α,β-unsaturated/α-hetero) is 1. The molecule has 0 spiro atoms. The first-order chi connectivity index (χ1) is 14.9. The Kier molecular flexibility index (Phi) is 5.54. The summed E-state index contributed by atoms with van der Waals surface area (Å²) in [4.78, 5) is 28.0. The summed E-state index contributed by atoms with van der Waals surface area (Å²) in [6, 6.07) is 10.7. The van der Waals surface area contributed by atoms with E-state index in [4.69, 9.17) is 0 Å². The summed E-state index contributed by atoms with van der Waals surface area (Å²) in [5.41, 5.74) is 2.00. The van der Waals surface area contributed by atoms with E-state index < -0.39 is 11.6 Å². The van der Waals surface area contributed by atoms with Crippen molar-refractivity contribution in [2.45, 2.75) is 13.8 Å². The van der Waals surface area contributed by atoms with Crippen LogP contribution in [0.2, 0.25) is 0 Å². The van der Waals surface area contributed by atoms with E-state index in [9.17, 15) is 18.4 Å². The third-order valence-electron chi connectivity index (χ3n) is 5.58. The molecule has 0 N–H and O–H groups in total. The fraction of sp³-hybridized carbons (Fsp3) is 0.261. The number of halogens is 2. The van der Waals surface area contributed by atoms with Crippen LogP contribution in [0.4, 0.5) is 14.5 Å². The van der Waals surface area contributed by atoms with Crippen molar-refractivity contribution < 1.29 is 18.4 Å². The van der Waals surface area contributed by atoms with E-state index in [0.29, 0.717) is 48.7 Å². The first kappa shape index (κ1) is 20.7. The summed E-state index contributed by atoms with van der Waals surface area (Å²) in [6.07, 6.45) is 1.45. The first-order valence-corrected chi connectivity index (χ1v) is 10.0. The molecular weight excluding hydrogens is 402 g/mol. The van der Waals surface area contributed by atoms with Crippen LogP contribution < -0.4 is 4.90 Å². The molecule has 0 unspecified atom stereocenters. The van der Waals surface area contributed by atoms with Gasteiger partial charge in [0.1, 0.15) is 17.3 Å².